The molecule has 16 heavy (non-hydrogen) atoms. The molecule has 94 valence electrons. The first-order valence-electron chi connectivity index (χ1n) is 6.58. The smallest absolute Gasteiger partial charge is 0.312 e. The summed E-state index contributed by atoms with van der Waals surface area (Å²) in [5.74, 6) is 0.820. The summed E-state index contributed by atoms with van der Waals surface area (Å²) >= 11 is 0. The van der Waals surface area contributed by atoms with Gasteiger partial charge in [0, 0.05) is 0 Å². The number of hydrogen-bond acceptors (Lipinski definition) is 2. The summed E-state index contributed by atoms with van der Waals surface area (Å²) in [5.41, 5.74) is -0.206. The maximum Gasteiger partial charge on any atom is 0.312 e. The van der Waals surface area contributed by atoms with Crippen molar-refractivity contribution < 1.29 is 9.53 Å². The maximum atomic E-state index is 12.2. The van der Waals surface area contributed by atoms with Gasteiger partial charge in [0.15, 0.2) is 0 Å². The van der Waals surface area contributed by atoms with E-state index in [1.807, 2.05) is 0 Å². The topological polar surface area (TPSA) is 26.3 Å². The molecule has 0 aromatic rings. The average molecular weight is 226 g/mol. The van der Waals surface area contributed by atoms with Crippen molar-refractivity contribution in [3.05, 3.63) is 0 Å². The van der Waals surface area contributed by atoms with Crippen molar-refractivity contribution in [2.24, 2.45) is 17.3 Å². The van der Waals surface area contributed by atoms with Crippen molar-refractivity contribution in [2.75, 3.05) is 0 Å². The van der Waals surface area contributed by atoms with Crippen molar-refractivity contribution in [2.45, 2.75) is 66.4 Å². The van der Waals surface area contributed by atoms with Crippen molar-refractivity contribution in [3.63, 3.8) is 0 Å². The predicted molar refractivity (Wildman–Crippen MR) is 66.1 cm³/mol. The Labute approximate surface area is 99.8 Å². The van der Waals surface area contributed by atoms with Crippen LogP contribution in [0, 0.1) is 17.3 Å². The Hall–Kier alpha value is -0.530. The van der Waals surface area contributed by atoms with Crippen LogP contribution in [0.4, 0.5) is 0 Å². The second kappa shape index (κ2) is 5.20. The van der Waals surface area contributed by atoms with Gasteiger partial charge in [-0.15, -0.1) is 0 Å². The van der Waals surface area contributed by atoms with Gasteiger partial charge < -0.3 is 4.74 Å². The molecule has 0 atom stereocenters. The molecule has 1 aliphatic rings. The molecule has 2 nitrogen and oxygen atoms in total. The van der Waals surface area contributed by atoms with Crippen molar-refractivity contribution >= 4 is 5.97 Å². The van der Waals surface area contributed by atoms with E-state index in [1.54, 1.807) is 0 Å². The van der Waals surface area contributed by atoms with E-state index in [1.165, 1.54) is 12.8 Å². The Morgan fingerprint density at radius 1 is 1.06 bits per heavy atom. The first-order chi connectivity index (χ1) is 7.37. The molecule has 0 bridgehead atoms. The molecule has 0 saturated heterocycles. The summed E-state index contributed by atoms with van der Waals surface area (Å²) in [5, 5.41) is 0. The highest BCUT2D eigenvalue weighted by Crippen LogP contribution is 2.39. The van der Waals surface area contributed by atoms with Crippen LogP contribution >= 0.6 is 0 Å². The SMILES string of the molecule is CC(C)C(OC(=O)C1(C)CCCC1)C(C)C. The van der Waals surface area contributed by atoms with Crippen molar-refractivity contribution in [1.82, 2.24) is 0 Å². The van der Waals surface area contributed by atoms with Gasteiger partial charge in [0.05, 0.1) is 5.41 Å². The van der Waals surface area contributed by atoms with E-state index in [9.17, 15) is 4.79 Å². The van der Waals surface area contributed by atoms with Crippen LogP contribution in [0.25, 0.3) is 0 Å². The normalized spacial score (nSPS) is 19.8. The molecule has 1 aliphatic carbocycles. The minimum Gasteiger partial charge on any atom is -0.461 e. The molecule has 0 amide bonds. The predicted octanol–water partition coefficient (Wildman–Crippen LogP) is 3.79. The Bertz CT molecular complexity index is 229. The third kappa shape index (κ3) is 2.99. The fourth-order valence-electron chi connectivity index (χ4n) is 2.67. The second-order valence-electron chi connectivity index (χ2n) is 6.13. The number of carbonyl (C=O) groups excluding carboxylic acids is 1. The minimum atomic E-state index is -0.206. The lowest BCUT2D eigenvalue weighted by Crippen LogP contribution is -2.35. The number of rotatable bonds is 4. The molecule has 0 aliphatic heterocycles. The Kier molecular flexibility index (Phi) is 4.40. The lowest BCUT2D eigenvalue weighted by Gasteiger charge is -2.30. The van der Waals surface area contributed by atoms with Gasteiger partial charge in [-0.2, -0.15) is 0 Å². The molecule has 0 unspecified atom stereocenters. The van der Waals surface area contributed by atoms with Gasteiger partial charge in [0.2, 0.25) is 0 Å². The molecule has 0 aromatic heterocycles. The Morgan fingerprint density at radius 3 is 1.88 bits per heavy atom. The van der Waals surface area contributed by atoms with Gasteiger partial charge in [-0.1, -0.05) is 40.5 Å². The number of carbonyl (C=O) groups is 1. The fourth-order valence-corrected chi connectivity index (χ4v) is 2.67. The van der Waals surface area contributed by atoms with E-state index in [4.69, 9.17) is 4.74 Å². The fraction of sp³-hybridized carbons (Fsp3) is 0.929. The van der Waals surface area contributed by atoms with Crippen molar-refractivity contribution in [3.8, 4) is 0 Å². The quantitative estimate of drug-likeness (QED) is 0.682. The molecule has 0 N–H and O–H groups in total. The second-order valence-corrected chi connectivity index (χ2v) is 6.13. The molecule has 1 saturated carbocycles. The minimum absolute atomic E-state index is 0.0254. The summed E-state index contributed by atoms with van der Waals surface area (Å²) < 4.78 is 5.72. The summed E-state index contributed by atoms with van der Waals surface area (Å²) in [6.07, 6.45) is 4.38. The molecular formula is C14H26O2. The number of hydrogen-bond donors (Lipinski definition) is 0. The molecule has 2 heteroatoms. The molecular weight excluding hydrogens is 200 g/mol. The largest absolute Gasteiger partial charge is 0.461 e. The van der Waals surface area contributed by atoms with Crippen LogP contribution in [0.1, 0.15) is 60.3 Å². The van der Waals surface area contributed by atoms with Gasteiger partial charge in [-0.25, -0.2) is 0 Å². The molecule has 1 rings (SSSR count). The zero-order chi connectivity index (χ0) is 12.3. The van der Waals surface area contributed by atoms with Crippen LogP contribution in [0.2, 0.25) is 0 Å². The van der Waals surface area contributed by atoms with E-state index in [0.29, 0.717) is 11.8 Å². The van der Waals surface area contributed by atoms with Crippen LogP contribution in [0.15, 0.2) is 0 Å². The van der Waals surface area contributed by atoms with Crippen LogP contribution < -0.4 is 0 Å². The first-order valence-corrected chi connectivity index (χ1v) is 6.58. The highest BCUT2D eigenvalue weighted by Gasteiger charge is 2.39. The number of ether oxygens (including phenoxy) is 1. The molecule has 0 radical (unpaired) electrons. The van der Waals surface area contributed by atoms with Gasteiger partial charge in [0.25, 0.3) is 0 Å². The van der Waals surface area contributed by atoms with E-state index < -0.39 is 0 Å². The Balaban J connectivity index is 2.61. The van der Waals surface area contributed by atoms with Gasteiger partial charge in [-0.3, -0.25) is 4.79 Å². The average Bonchev–Trinajstić information content (AvgIpc) is 2.61. The van der Waals surface area contributed by atoms with Gasteiger partial charge in [-0.05, 0) is 31.6 Å². The summed E-state index contributed by atoms with van der Waals surface area (Å²) in [4.78, 5) is 12.2. The standard InChI is InChI=1S/C14H26O2/c1-10(2)12(11(3)4)16-13(15)14(5)8-6-7-9-14/h10-12H,6-9H2,1-5H3. The van der Waals surface area contributed by atoms with Crippen LogP contribution in [0.5, 0.6) is 0 Å². The van der Waals surface area contributed by atoms with E-state index in [-0.39, 0.29) is 17.5 Å². The van der Waals surface area contributed by atoms with Gasteiger partial charge in [0.1, 0.15) is 6.10 Å². The van der Waals surface area contributed by atoms with Gasteiger partial charge >= 0.3 is 5.97 Å². The van der Waals surface area contributed by atoms with E-state index in [0.717, 1.165) is 12.8 Å². The van der Waals surface area contributed by atoms with Crippen LogP contribution in [-0.2, 0) is 9.53 Å². The van der Waals surface area contributed by atoms with Crippen LogP contribution in [-0.4, -0.2) is 12.1 Å². The highest BCUT2D eigenvalue weighted by molar-refractivity contribution is 5.76. The molecule has 0 aromatic carbocycles. The molecule has 0 heterocycles. The summed E-state index contributed by atoms with van der Waals surface area (Å²) in [7, 11) is 0. The lowest BCUT2D eigenvalue weighted by atomic mass is 9.88. The lowest BCUT2D eigenvalue weighted by molar-refractivity contribution is -0.165. The van der Waals surface area contributed by atoms with E-state index in [2.05, 4.69) is 34.6 Å². The van der Waals surface area contributed by atoms with Crippen LogP contribution in [0.3, 0.4) is 0 Å². The zero-order valence-electron chi connectivity index (χ0n) is 11.4. The Morgan fingerprint density at radius 2 is 1.50 bits per heavy atom. The highest BCUT2D eigenvalue weighted by atomic mass is 16.5. The third-order valence-electron chi connectivity index (χ3n) is 3.76. The molecule has 0 spiro atoms. The van der Waals surface area contributed by atoms with Crippen molar-refractivity contribution in [1.29, 1.82) is 0 Å². The molecule has 1 fully saturated rings. The maximum absolute atomic E-state index is 12.2. The zero-order valence-corrected chi connectivity index (χ0v) is 11.4. The monoisotopic (exact) mass is 226 g/mol. The summed E-state index contributed by atoms with van der Waals surface area (Å²) in [6, 6.07) is 0. The van der Waals surface area contributed by atoms with E-state index >= 15 is 0 Å². The first kappa shape index (κ1) is 13.5. The number of esters is 1. The summed E-state index contributed by atoms with van der Waals surface area (Å²) in [6.45, 7) is 10.5. The third-order valence-corrected chi connectivity index (χ3v) is 3.76.